The molecule has 0 aliphatic heterocycles. The third-order valence-electron chi connectivity index (χ3n) is 2.66. The van der Waals surface area contributed by atoms with Crippen LogP contribution in [0.3, 0.4) is 0 Å². The van der Waals surface area contributed by atoms with Crippen LogP contribution in [-0.4, -0.2) is 41.8 Å². The second-order valence-electron chi connectivity index (χ2n) is 4.12. The largest absolute Gasteiger partial charge is 0.369 e. The summed E-state index contributed by atoms with van der Waals surface area (Å²) in [4.78, 5) is 39.5. The van der Waals surface area contributed by atoms with Crippen LogP contribution in [-0.2, 0) is 15.8 Å². The second-order valence-corrected chi connectivity index (χ2v) is 6.03. The smallest absolute Gasteiger partial charge is 0.353 e. The van der Waals surface area contributed by atoms with Gasteiger partial charge in [0.15, 0.2) is 17.0 Å². The Balaban J connectivity index is 2.12. The van der Waals surface area contributed by atoms with Crippen LogP contribution in [0.1, 0.15) is 6.92 Å². The van der Waals surface area contributed by atoms with E-state index in [9.17, 15) is 9.36 Å². The topological polar surface area (TPSA) is 156 Å². The quantitative estimate of drug-likeness (QED) is 0.525. The van der Waals surface area contributed by atoms with Gasteiger partial charge in [0.2, 0.25) is 5.95 Å². The number of nitrogens with two attached hydrogens (primary N) is 1. The molecule has 0 aliphatic rings. The maximum atomic E-state index is 11.5. The lowest BCUT2D eigenvalue weighted by Crippen LogP contribution is -2.15. The Hall–Kier alpha value is -1.74. The lowest BCUT2D eigenvalue weighted by molar-refractivity contribution is 0.0911. The van der Waals surface area contributed by atoms with Gasteiger partial charge in [0.1, 0.15) is 0 Å². The molecule has 0 spiro atoms. The number of aromatic amines is 1. The van der Waals surface area contributed by atoms with Gasteiger partial charge in [-0.2, -0.15) is 4.98 Å². The number of rotatable bonds is 5. The second kappa shape index (κ2) is 5.33. The van der Waals surface area contributed by atoms with Crippen molar-refractivity contribution in [2.75, 3.05) is 12.3 Å². The summed E-state index contributed by atoms with van der Waals surface area (Å²) in [5.74, 6) is -1.23. The number of hydrogen-bond donors (Lipinski definition) is 4. The molecule has 0 radical (unpaired) electrons. The third-order valence-corrected chi connectivity index (χ3v) is 3.75. The summed E-state index contributed by atoms with van der Waals surface area (Å²) in [5, 5.41) is 0. The van der Waals surface area contributed by atoms with Gasteiger partial charge in [0, 0.05) is 6.54 Å². The molecule has 0 saturated carbocycles. The van der Waals surface area contributed by atoms with E-state index in [1.165, 1.54) is 17.8 Å². The molecule has 20 heavy (non-hydrogen) atoms. The Bertz CT molecular complexity index is 719. The van der Waals surface area contributed by atoms with Crippen molar-refractivity contribution in [2.24, 2.45) is 0 Å². The average Bonchev–Trinajstić information content (AvgIpc) is 2.71. The van der Waals surface area contributed by atoms with E-state index in [4.69, 9.17) is 20.3 Å². The van der Waals surface area contributed by atoms with E-state index in [-0.39, 0.29) is 24.6 Å². The number of nitrogen functional groups attached to an aromatic ring is 1. The Morgan fingerprint density at radius 3 is 2.95 bits per heavy atom. The highest BCUT2D eigenvalue weighted by Crippen LogP contribution is 2.41. The zero-order valence-electron chi connectivity index (χ0n) is 10.6. The normalized spacial score (nSPS) is 13.8. The van der Waals surface area contributed by atoms with E-state index in [1.807, 2.05) is 0 Å². The Morgan fingerprint density at radius 2 is 2.30 bits per heavy atom. The molecule has 2 aromatic heterocycles. The lowest BCUT2D eigenvalue weighted by Gasteiger charge is -2.14. The van der Waals surface area contributed by atoms with Gasteiger partial charge in [-0.25, -0.2) is 4.98 Å². The molecule has 2 heterocycles. The first-order valence-electron chi connectivity index (χ1n) is 5.66. The zero-order valence-corrected chi connectivity index (χ0v) is 11.4. The molecule has 5 N–H and O–H groups in total. The fourth-order valence-electron chi connectivity index (χ4n) is 1.55. The van der Waals surface area contributed by atoms with Crippen molar-refractivity contribution in [3.8, 4) is 0 Å². The molecule has 2 aromatic rings. The molecule has 0 bridgehead atoms. The van der Waals surface area contributed by atoms with E-state index in [0.717, 1.165) is 0 Å². The Labute approximate surface area is 112 Å². The average molecular weight is 303 g/mol. The van der Waals surface area contributed by atoms with Crippen LogP contribution in [0.2, 0.25) is 0 Å². The molecule has 110 valence electrons. The van der Waals surface area contributed by atoms with Gasteiger partial charge in [0.05, 0.1) is 12.9 Å². The minimum absolute atomic E-state index is 0.0336. The molecule has 1 atom stereocenters. The first-order chi connectivity index (χ1) is 9.29. The summed E-state index contributed by atoms with van der Waals surface area (Å²) in [6.45, 7) is 1.55. The van der Waals surface area contributed by atoms with Gasteiger partial charge in [-0.15, -0.1) is 0 Å². The minimum Gasteiger partial charge on any atom is -0.369 e. The number of nitrogens with zero attached hydrogens (tertiary/aromatic N) is 3. The van der Waals surface area contributed by atoms with Crippen molar-refractivity contribution >= 4 is 24.7 Å². The van der Waals surface area contributed by atoms with Crippen molar-refractivity contribution in [1.82, 2.24) is 19.5 Å². The van der Waals surface area contributed by atoms with Crippen molar-refractivity contribution in [3.63, 3.8) is 0 Å². The van der Waals surface area contributed by atoms with Crippen molar-refractivity contribution in [3.05, 3.63) is 16.7 Å². The third kappa shape index (κ3) is 3.05. The molecular weight excluding hydrogens is 289 g/mol. The van der Waals surface area contributed by atoms with Crippen LogP contribution in [0.5, 0.6) is 0 Å². The van der Waals surface area contributed by atoms with Crippen LogP contribution >= 0.6 is 7.60 Å². The Morgan fingerprint density at radius 1 is 1.60 bits per heavy atom. The molecule has 1 unspecified atom stereocenters. The Kier molecular flexibility index (Phi) is 3.91. The molecule has 0 fully saturated rings. The standard InChI is InChI=1S/C9H14N5O5P/c1-5(20(16,17)18)19-3-2-14-4-11-6-7(14)12-9(10)13-8(6)15/h4-5H,2-3H2,1H3,(H2,16,17,18)(H3,10,12,13,15). The van der Waals surface area contributed by atoms with Crippen LogP contribution in [0, 0.1) is 0 Å². The number of H-pyrrole nitrogens is 1. The highest BCUT2D eigenvalue weighted by atomic mass is 31.2. The minimum atomic E-state index is -4.26. The monoisotopic (exact) mass is 303 g/mol. The molecule has 0 aliphatic carbocycles. The van der Waals surface area contributed by atoms with Crippen molar-refractivity contribution in [1.29, 1.82) is 0 Å². The highest BCUT2D eigenvalue weighted by Gasteiger charge is 2.24. The van der Waals surface area contributed by atoms with E-state index < -0.39 is 19.0 Å². The number of imidazole rings is 1. The number of nitrogens with one attached hydrogen (secondary N) is 1. The fourth-order valence-corrected chi connectivity index (χ4v) is 1.85. The summed E-state index contributed by atoms with van der Waals surface area (Å²) < 4.78 is 17.5. The summed E-state index contributed by atoms with van der Waals surface area (Å²) in [5.41, 5.74) is 5.43. The predicted octanol–water partition coefficient (Wildman–Crippen LogP) is -0.758. The van der Waals surface area contributed by atoms with Gasteiger partial charge >= 0.3 is 7.60 Å². The van der Waals surface area contributed by atoms with E-state index >= 15 is 0 Å². The number of hydrogen-bond acceptors (Lipinski definition) is 6. The maximum Gasteiger partial charge on any atom is 0.353 e. The molecule has 2 rings (SSSR count). The summed E-state index contributed by atoms with van der Waals surface area (Å²) in [6.07, 6.45) is 1.39. The van der Waals surface area contributed by atoms with Gasteiger partial charge in [-0.05, 0) is 6.92 Å². The summed E-state index contributed by atoms with van der Waals surface area (Å²) in [6, 6.07) is 0. The van der Waals surface area contributed by atoms with Gasteiger partial charge in [0.25, 0.3) is 5.56 Å². The number of anilines is 1. The van der Waals surface area contributed by atoms with Gasteiger partial charge in [-0.1, -0.05) is 0 Å². The fraction of sp³-hybridized carbons (Fsp3) is 0.444. The van der Waals surface area contributed by atoms with Crippen LogP contribution in [0.25, 0.3) is 11.2 Å². The van der Waals surface area contributed by atoms with Crippen LogP contribution < -0.4 is 11.3 Å². The number of ether oxygens (including phenoxy) is 1. The highest BCUT2D eigenvalue weighted by molar-refractivity contribution is 7.52. The summed E-state index contributed by atoms with van der Waals surface area (Å²) >= 11 is 0. The molecule has 10 nitrogen and oxygen atoms in total. The van der Waals surface area contributed by atoms with E-state index in [1.54, 1.807) is 0 Å². The maximum absolute atomic E-state index is 11.5. The van der Waals surface area contributed by atoms with E-state index in [2.05, 4.69) is 15.0 Å². The molecule has 0 amide bonds. The van der Waals surface area contributed by atoms with Gasteiger partial charge < -0.3 is 24.8 Å². The van der Waals surface area contributed by atoms with Crippen molar-refractivity contribution < 1.29 is 19.1 Å². The molecule has 0 aromatic carbocycles. The molecule has 11 heteroatoms. The van der Waals surface area contributed by atoms with Crippen LogP contribution in [0.4, 0.5) is 5.95 Å². The van der Waals surface area contributed by atoms with E-state index in [0.29, 0.717) is 5.65 Å². The first-order valence-corrected chi connectivity index (χ1v) is 7.34. The number of fused-ring (bicyclic) bond motifs is 1. The molecular formula is C9H14N5O5P. The number of aromatic nitrogens is 4. The first kappa shape index (κ1) is 14.7. The summed E-state index contributed by atoms with van der Waals surface area (Å²) in [7, 11) is -4.26. The molecule has 0 saturated heterocycles. The van der Waals surface area contributed by atoms with Crippen molar-refractivity contribution in [2.45, 2.75) is 19.3 Å². The van der Waals surface area contributed by atoms with Gasteiger partial charge in [-0.3, -0.25) is 14.3 Å². The predicted molar refractivity (Wildman–Crippen MR) is 70.0 cm³/mol. The lowest BCUT2D eigenvalue weighted by atomic mass is 10.5. The SMILES string of the molecule is CC(OCCn1cnc2c(=O)[nH]c(N)nc21)P(=O)(O)O. The van der Waals surface area contributed by atoms with Crippen LogP contribution in [0.15, 0.2) is 11.1 Å². The zero-order chi connectivity index (χ0) is 14.9.